The van der Waals surface area contributed by atoms with Crippen LogP contribution < -0.4 is 10.9 Å². The van der Waals surface area contributed by atoms with Gasteiger partial charge in [0.25, 0.3) is 5.56 Å². The van der Waals surface area contributed by atoms with E-state index in [2.05, 4.69) is 10.3 Å². The van der Waals surface area contributed by atoms with Gasteiger partial charge in [-0.2, -0.15) is 0 Å². The molecule has 0 bridgehead atoms. The lowest BCUT2D eigenvalue weighted by molar-refractivity contribution is -0.115. The van der Waals surface area contributed by atoms with Crippen molar-refractivity contribution in [2.75, 3.05) is 5.32 Å². The van der Waals surface area contributed by atoms with Crippen LogP contribution in [0.1, 0.15) is 10.4 Å². The number of thiazole rings is 1. The molecule has 10 heteroatoms. The highest BCUT2D eigenvalue weighted by molar-refractivity contribution is 7.18. The van der Waals surface area contributed by atoms with E-state index in [1.165, 1.54) is 22.1 Å². The van der Waals surface area contributed by atoms with Crippen LogP contribution in [-0.4, -0.2) is 20.3 Å². The minimum Gasteiger partial charge on any atom is -0.302 e. The van der Waals surface area contributed by atoms with Crippen LogP contribution in [0.15, 0.2) is 28.4 Å². The molecule has 29 heavy (non-hydrogen) atoms. The first-order valence-electron chi connectivity index (χ1n) is 8.61. The van der Waals surface area contributed by atoms with E-state index in [4.69, 9.17) is 0 Å². The van der Waals surface area contributed by atoms with Crippen LogP contribution in [0.25, 0.3) is 21.5 Å². The maximum Gasteiger partial charge on any atom is 0.275 e. The lowest BCUT2D eigenvalue weighted by Crippen LogP contribution is -2.19. The third kappa shape index (κ3) is 3.38. The Morgan fingerprint density at radius 2 is 2.00 bits per heavy atom. The van der Waals surface area contributed by atoms with E-state index in [1.807, 2.05) is 6.92 Å². The number of rotatable bonds is 4. The summed E-state index contributed by atoms with van der Waals surface area (Å²) in [6.45, 7) is 1.88. The van der Waals surface area contributed by atoms with Crippen molar-refractivity contribution in [1.82, 2.24) is 14.3 Å². The predicted octanol–water partition coefficient (Wildman–Crippen LogP) is 3.83. The number of fused-ring (bicyclic) bond motifs is 1. The Morgan fingerprint density at radius 1 is 1.24 bits per heavy atom. The molecule has 1 aromatic carbocycles. The molecule has 0 saturated carbocycles. The van der Waals surface area contributed by atoms with Crippen molar-refractivity contribution >= 4 is 43.9 Å². The zero-order chi connectivity index (χ0) is 20.9. The number of nitrogens with one attached hydrogen (secondary N) is 1. The van der Waals surface area contributed by atoms with Crippen molar-refractivity contribution in [1.29, 1.82) is 0 Å². The number of amides is 1. The van der Waals surface area contributed by atoms with Gasteiger partial charge in [-0.3, -0.25) is 19.0 Å². The van der Waals surface area contributed by atoms with Gasteiger partial charge in [0.1, 0.15) is 16.5 Å². The summed E-state index contributed by atoms with van der Waals surface area (Å²) in [5, 5.41) is 5.15. The Morgan fingerprint density at radius 3 is 2.72 bits per heavy atom. The molecule has 150 valence electrons. The summed E-state index contributed by atoms with van der Waals surface area (Å²) in [4.78, 5) is 31.0. The molecule has 0 fully saturated rings. The molecule has 3 heterocycles. The Labute approximate surface area is 172 Å². The molecular formula is C19H16F2N4O2S2. The van der Waals surface area contributed by atoms with E-state index < -0.39 is 11.6 Å². The van der Waals surface area contributed by atoms with Gasteiger partial charge in [-0.15, -0.1) is 22.7 Å². The van der Waals surface area contributed by atoms with E-state index in [0.717, 1.165) is 33.2 Å². The van der Waals surface area contributed by atoms with Gasteiger partial charge >= 0.3 is 0 Å². The molecule has 0 radical (unpaired) electrons. The first-order chi connectivity index (χ1) is 13.8. The van der Waals surface area contributed by atoms with Gasteiger partial charge in [-0.1, -0.05) is 0 Å². The fourth-order valence-corrected chi connectivity index (χ4v) is 5.02. The molecule has 1 N–H and O–H groups in total. The normalized spacial score (nSPS) is 11.3. The van der Waals surface area contributed by atoms with Crippen LogP contribution in [0.5, 0.6) is 0 Å². The number of thiophene rings is 1. The molecule has 0 unspecified atom stereocenters. The van der Waals surface area contributed by atoms with Gasteiger partial charge in [-0.25, -0.2) is 13.8 Å². The summed E-state index contributed by atoms with van der Waals surface area (Å²) in [6.07, 6.45) is 0.0326. The largest absolute Gasteiger partial charge is 0.302 e. The van der Waals surface area contributed by atoms with Crippen LogP contribution in [0, 0.1) is 18.6 Å². The van der Waals surface area contributed by atoms with Crippen molar-refractivity contribution in [3.8, 4) is 11.3 Å². The number of aromatic nitrogens is 3. The molecular weight excluding hydrogens is 418 g/mol. The zero-order valence-electron chi connectivity index (χ0n) is 15.7. The number of carbonyl (C=O) groups is 1. The second kappa shape index (κ2) is 7.20. The van der Waals surface area contributed by atoms with Crippen LogP contribution in [0.3, 0.4) is 0 Å². The third-order valence-corrected chi connectivity index (χ3v) is 6.71. The Balaban J connectivity index is 1.56. The van der Waals surface area contributed by atoms with Gasteiger partial charge in [-0.05, 0) is 24.6 Å². The lowest BCUT2D eigenvalue weighted by atomic mass is 10.1. The van der Waals surface area contributed by atoms with Crippen molar-refractivity contribution in [3.05, 3.63) is 56.0 Å². The predicted molar refractivity (Wildman–Crippen MR) is 111 cm³/mol. The molecule has 4 aromatic rings. The highest BCUT2D eigenvalue weighted by Gasteiger charge is 2.21. The summed E-state index contributed by atoms with van der Waals surface area (Å²) in [7, 11) is 3.48. The minimum absolute atomic E-state index is 0.0326. The molecule has 3 aromatic heterocycles. The summed E-state index contributed by atoms with van der Waals surface area (Å²) in [5.74, 6) is -1.71. The third-order valence-electron chi connectivity index (χ3n) is 4.74. The summed E-state index contributed by atoms with van der Waals surface area (Å²) in [6, 6.07) is 3.25. The van der Waals surface area contributed by atoms with Gasteiger partial charge < -0.3 is 5.32 Å². The highest BCUT2D eigenvalue weighted by Crippen LogP contribution is 2.30. The zero-order valence-corrected chi connectivity index (χ0v) is 17.4. The lowest BCUT2D eigenvalue weighted by Gasteiger charge is -2.02. The van der Waals surface area contributed by atoms with E-state index in [0.29, 0.717) is 21.8 Å². The topological polar surface area (TPSA) is 68.9 Å². The molecule has 0 aliphatic heterocycles. The van der Waals surface area contributed by atoms with E-state index >= 15 is 0 Å². The van der Waals surface area contributed by atoms with Crippen molar-refractivity contribution in [3.63, 3.8) is 0 Å². The summed E-state index contributed by atoms with van der Waals surface area (Å²) < 4.78 is 30.3. The number of aryl methyl sites for hydroxylation is 2. The first-order valence-corrected chi connectivity index (χ1v) is 10.3. The minimum atomic E-state index is -0.718. The maximum atomic E-state index is 13.9. The fourth-order valence-electron chi connectivity index (χ4n) is 3.13. The fraction of sp³-hybridized carbons (Fsp3) is 0.211. The Bertz CT molecular complexity index is 1320. The van der Waals surface area contributed by atoms with Crippen molar-refractivity contribution < 1.29 is 13.6 Å². The average Bonchev–Trinajstić information content (AvgIpc) is 3.29. The number of benzene rings is 1. The van der Waals surface area contributed by atoms with Crippen LogP contribution in [0.2, 0.25) is 0 Å². The molecule has 1 amide bonds. The van der Waals surface area contributed by atoms with Crippen molar-refractivity contribution in [2.45, 2.75) is 13.3 Å². The molecule has 0 saturated heterocycles. The average molecular weight is 434 g/mol. The number of hydrogen-bond donors (Lipinski definition) is 1. The molecule has 0 atom stereocenters. The van der Waals surface area contributed by atoms with Gasteiger partial charge in [0.15, 0.2) is 5.13 Å². The number of hydrogen-bond acceptors (Lipinski definition) is 5. The van der Waals surface area contributed by atoms with E-state index in [9.17, 15) is 18.4 Å². The van der Waals surface area contributed by atoms with Gasteiger partial charge in [0.05, 0.1) is 17.5 Å². The molecule has 4 rings (SSSR count). The summed E-state index contributed by atoms with van der Waals surface area (Å²) in [5.41, 5.74) is 1.03. The Hall–Kier alpha value is -2.85. The molecule has 0 aliphatic rings. The standard InChI is InChI=1S/C19H16F2N4O2S2/c1-9-12(16-17(27)24(2)25(3)18(16)29-9)7-15(26)23-19-22-14(8-28-19)11-5-4-10(20)6-13(11)21/h4-6,8H,7H2,1-3H3,(H,22,23,26). The second-order valence-corrected chi connectivity index (χ2v) is 8.62. The van der Waals surface area contributed by atoms with Crippen LogP contribution >= 0.6 is 22.7 Å². The van der Waals surface area contributed by atoms with Crippen molar-refractivity contribution in [2.24, 2.45) is 14.1 Å². The molecule has 6 nitrogen and oxygen atoms in total. The molecule has 0 aliphatic carbocycles. The first kappa shape index (κ1) is 19.5. The summed E-state index contributed by atoms with van der Waals surface area (Å²) >= 11 is 2.61. The smallest absolute Gasteiger partial charge is 0.275 e. The van der Waals surface area contributed by atoms with Gasteiger partial charge in [0, 0.05) is 36.0 Å². The van der Waals surface area contributed by atoms with Crippen LogP contribution in [0.4, 0.5) is 13.9 Å². The number of nitrogens with zero attached hydrogens (tertiary/aromatic N) is 3. The highest BCUT2D eigenvalue weighted by atomic mass is 32.1. The maximum absolute atomic E-state index is 13.9. The number of carbonyl (C=O) groups excluding carboxylic acids is 1. The quantitative estimate of drug-likeness (QED) is 0.531. The van der Waals surface area contributed by atoms with Crippen LogP contribution in [-0.2, 0) is 25.3 Å². The number of halogens is 2. The van der Waals surface area contributed by atoms with E-state index in [-0.39, 0.29) is 23.5 Å². The second-order valence-electron chi connectivity index (χ2n) is 6.56. The van der Waals surface area contributed by atoms with E-state index in [1.54, 1.807) is 24.2 Å². The van der Waals surface area contributed by atoms with Gasteiger partial charge in [0.2, 0.25) is 5.91 Å². The Kier molecular flexibility index (Phi) is 4.83. The number of anilines is 1. The molecule has 0 spiro atoms. The monoisotopic (exact) mass is 434 g/mol. The SMILES string of the molecule is Cc1sc2c(c1CC(=O)Nc1nc(-c3ccc(F)cc3F)cs1)c(=O)n(C)n2C.